The van der Waals surface area contributed by atoms with E-state index in [2.05, 4.69) is 238 Å². The molecule has 0 bridgehead atoms. The Morgan fingerprint density at radius 1 is 0.567 bits per heavy atom. The Labute approximate surface area is 396 Å². The number of anilines is 8. The van der Waals surface area contributed by atoms with Gasteiger partial charge in [0.15, 0.2) is 0 Å². The Kier molecular flexibility index (Phi) is 8.70. The lowest BCUT2D eigenvalue weighted by atomic mass is 9.33. The van der Waals surface area contributed by atoms with Crippen molar-refractivity contribution in [2.45, 2.75) is 83.6 Å². The van der Waals surface area contributed by atoms with Gasteiger partial charge in [0.05, 0.1) is 11.2 Å². The first-order valence-electron chi connectivity index (χ1n) is 24.5. The number of fused-ring (bicyclic) bond motifs is 9. The van der Waals surface area contributed by atoms with Gasteiger partial charge in [0.1, 0.15) is 0 Å². The summed E-state index contributed by atoms with van der Waals surface area (Å²) < 4.78 is 0. The van der Waals surface area contributed by atoms with E-state index < -0.39 is 0 Å². The number of hydrogen-bond acceptors (Lipinski definition) is 3. The van der Waals surface area contributed by atoms with Crippen LogP contribution in [0.4, 0.5) is 45.5 Å². The van der Waals surface area contributed by atoms with Crippen molar-refractivity contribution in [2.75, 3.05) is 14.7 Å². The van der Waals surface area contributed by atoms with Crippen molar-refractivity contribution in [3.05, 3.63) is 199 Å². The van der Waals surface area contributed by atoms with Crippen LogP contribution in [0.5, 0.6) is 0 Å². The van der Waals surface area contributed by atoms with Crippen LogP contribution in [0, 0.1) is 6.92 Å². The average molecular weight is 866 g/mol. The molecule has 9 aromatic carbocycles. The number of benzene rings is 9. The van der Waals surface area contributed by atoms with Crippen molar-refractivity contribution in [2.24, 2.45) is 0 Å². The van der Waals surface area contributed by atoms with E-state index in [1.165, 1.54) is 120 Å². The molecule has 0 N–H and O–H groups in total. The number of hydrogen-bond donors (Lipinski definition) is 0. The highest BCUT2D eigenvalue weighted by atomic mass is 15.3. The lowest BCUT2D eigenvalue weighted by Crippen LogP contribution is -2.64. The topological polar surface area (TPSA) is 9.72 Å². The van der Waals surface area contributed by atoms with Gasteiger partial charge in [0.25, 0.3) is 6.71 Å². The lowest BCUT2D eigenvalue weighted by molar-refractivity contribution is 0.195. The molecule has 13 rings (SSSR count). The van der Waals surface area contributed by atoms with Crippen molar-refractivity contribution in [3.8, 4) is 11.1 Å². The van der Waals surface area contributed by atoms with E-state index in [1.54, 1.807) is 0 Å². The van der Waals surface area contributed by atoms with E-state index in [0.717, 1.165) is 17.1 Å². The smallest absolute Gasteiger partial charge is 0.252 e. The molecule has 1 aliphatic carbocycles. The molecule has 1 fully saturated rings. The molecule has 0 amide bonds. The molecule has 3 nitrogen and oxygen atoms in total. The summed E-state index contributed by atoms with van der Waals surface area (Å²) >= 11 is 0. The molecule has 4 aliphatic rings. The second-order valence-electron chi connectivity index (χ2n) is 21.3. The predicted molar refractivity (Wildman–Crippen MR) is 287 cm³/mol. The zero-order valence-corrected chi connectivity index (χ0v) is 39.6. The third-order valence-corrected chi connectivity index (χ3v) is 16.5. The predicted octanol–water partition coefficient (Wildman–Crippen LogP) is 15.1. The standard InChI is InChI=1S/C63H56BN3/c1-41-37-57-59-58(38-41)67-60-52(62(5)35-14-15-36-63(62,67)6)28-18-29-54(60)64(59)53-34-31-46(40-56(53)66(57)44-22-8-7-9-23-44)65(55-30-17-20-42-19-10-11-25-48(42)55)45-24-16-21-43(39-45)47-32-33-51(61(2,3)4)50-27-13-12-26-49(47)50/h7-13,16-34,37-40H,14-15,35-36H2,1-6H3. The molecule has 0 spiro atoms. The summed E-state index contributed by atoms with van der Waals surface area (Å²) in [4.78, 5) is 7.92. The highest BCUT2D eigenvalue weighted by Gasteiger charge is 2.61. The number of aryl methyl sites for hydroxylation is 1. The Hall–Kier alpha value is -7.04. The molecule has 326 valence electrons. The van der Waals surface area contributed by atoms with E-state index in [-0.39, 0.29) is 23.1 Å². The largest absolute Gasteiger partial charge is 0.335 e. The SMILES string of the molecule is Cc1cc2c3c(c1)N1c4c(cccc4C4(C)CCCCC14C)B3c1ccc(N(c3cccc(-c4ccc(C(C)(C)C)c5ccccc45)c3)c3cccc4ccccc34)cc1N2c1ccccc1. The van der Waals surface area contributed by atoms with E-state index in [4.69, 9.17) is 0 Å². The van der Waals surface area contributed by atoms with E-state index >= 15 is 0 Å². The molecule has 4 heteroatoms. The third-order valence-electron chi connectivity index (χ3n) is 16.5. The zero-order valence-electron chi connectivity index (χ0n) is 39.6. The van der Waals surface area contributed by atoms with Crippen LogP contribution in [0.1, 0.15) is 77.0 Å². The van der Waals surface area contributed by atoms with Gasteiger partial charge in [-0.15, -0.1) is 0 Å². The monoisotopic (exact) mass is 865 g/mol. The molecule has 9 aromatic rings. The van der Waals surface area contributed by atoms with Crippen LogP contribution < -0.4 is 31.1 Å². The zero-order chi connectivity index (χ0) is 45.4. The van der Waals surface area contributed by atoms with E-state index in [9.17, 15) is 0 Å². The van der Waals surface area contributed by atoms with Gasteiger partial charge in [-0.3, -0.25) is 0 Å². The van der Waals surface area contributed by atoms with E-state index in [0.29, 0.717) is 0 Å². The summed E-state index contributed by atoms with van der Waals surface area (Å²) in [6, 6.07) is 69.2. The third kappa shape index (κ3) is 5.72. The van der Waals surface area contributed by atoms with Crippen molar-refractivity contribution >= 4 is 90.1 Å². The van der Waals surface area contributed by atoms with Crippen molar-refractivity contribution in [1.82, 2.24) is 0 Å². The number of para-hydroxylation sites is 2. The molecule has 2 atom stereocenters. The van der Waals surface area contributed by atoms with Gasteiger partial charge in [-0.2, -0.15) is 0 Å². The van der Waals surface area contributed by atoms with Crippen LogP contribution >= 0.6 is 0 Å². The van der Waals surface area contributed by atoms with Crippen molar-refractivity contribution < 1.29 is 0 Å². The highest BCUT2D eigenvalue weighted by Crippen LogP contribution is 2.62. The van der Waals surface area contributed by atoms with E-state index in [1.807, 2.05) is 0 Å². The summed E-state index contributed by atoms with van der Waals surface area (Å²) in [5, 5.41) is 5.04. The maximum atomic E-state index is 2.83. The van der Waals surface area contributed by atoms with Gasteiger partial charge in [0.2, 0.25) is 0 Å². The minimum atomic E-state index is -0.00759. The van der Waals surface area contributed by atoms with Crippen LogP contribution in [-0.4, -0.2) is 12.3 Å². The van der Waals surface area contributed by atoms with Crippen LogP contribution in [0.2, 0.25) is 0 Å². The quantitative estimate of drug-likeness (QED) is 0.160. The second kappa shape index (κ2) is 14.5. The minimum Gasteiger partial charge on any atom is -0.335 e. The van der Waals surface area contributed by atoms with Crippen molar-refractivity contribution in [3.63, 3.8) is 0 Å². The van der Waals surface area contributed by atoms with Gasteiger partial charge in [-0.05, 0) is 147 Å². The average Bonchev–Trinajstić information content (AvgIpc) is 3.56. The van der Waals surface area contributed by atoms with Crippen LogP contribution in [0.15, 0.2) is 182 Å². The molecule has 0 aromatic heterocycles. The molecule has 3 aliphatic heterocycles. The summed E-state index contributed by atoms with van der Waals surface area (Å²) in [7, 11) is 0. The molecule has 0 saturated heterocycles. The maximum Gasteiger partial charge on any atom is 0.252 e. The van der Waals surface area contributed by atoms with Gasteiger partial charge < -0.3 is 14.7 Å². The normalized spacial score (nSPS) is 19.0. The van der Waals surface area contributed by atoms with Gasteiger partial charge in [-0.1, -0.05) is 168 Å². The molecule has 1 saturated carbocycles. The molecular weight excluding hydrogens is 810 g/mol. The fraction of sp³-hybridized carbons (Fsp3) is 0.206. The Bertz CT molecular complexity index is 3490. The Morgan fingerprint density at radius 3 is 2.10 bits per heavy atom. The van der Waals surface area contributed by atoms with Crippen molar-refractivity contribution in [1.29, 1.82) is 0 Å². The summed E-state index contributed by atoms with van der Waals surface area (Å²) in [5.74, 6) is 0. The molecule has 3 heterocycles. The molecular formula is C63H56BN3. The van der Waals surface area contributed by atoms with Crippen LogP contribution in [-0.2, 0) is 10.8 Å². The summed E-state index contributed by atoms with van der Waals surface area (Å²) in [5.41, 5.74) is 20.9. The van der Waals surface area contributed by atoms with Crippen LogP contribution in [0.3, 0.4) is 0 Å². The second-order valence-corrected chi connectivity index (χ2v) is 21.3. The fourth-order valence-corrected chi connectivity index (χ4v) is 13.2. The first-order chi connectivity index (χ1) is 32.5. The summed E-state index contributed by atoms with van der Waals surface area (Å²) in [6.45, 7) is 14.5. The fourth-order valence-electron chi connectivity index (χ4n) is 13.2. The minimum absolute atomic E-state index is 0.00759. The van der Waals surface area contributed by atoms with Gasteiger partial charge >= 0.3 is 0 Å². The molecule has 67 heavy (non-hydrogen) atoms. The Morgan fingerprint density at radius 2 is 1.27 bits per heavy atom. The number of nitrogens with zero attached hydrogens (tertiary/aromatic N) is 3. The maximum absolute atomic E-state index is 2.83. The molecule has 0 radical (unpaired) electrons. The molecule has 2 unspecified atom stereocenters. The van der Waals surface area contributed by atoms with Gasteiger partial charge in [0, 0.05) is 50.6 Å². The van der Waals surface area contributed by atoms with Gasteiger partial charge in [-0.25, -0.2) is 0 Å². The highest BCUT2D eigenvalue weighted by molar-refractivity contribution is 7.00. The lowest BCUT2D eigenvalue weighted by Gasteiger charge is -2.52. The summed E-state index contributed by atoms with van der Waals surface area (Å²) in [6.07, 6.45) is 4.95. The first-order valence-corrected chi connectivity index (χ1v) is 24.5. The first kappa shape index (κ1) is 40.3. The Balaban J connectivity index is 1.06. The van der Waals surface area contributed by atoms with Crippen LogP contribution in [0.25, 0.3) is 32.7 Å². The number of rotatable bonds is 5.